The maximum atomic E-state index is 12.5. The maximum absolute atomic E-state index is 12.5. The number of rotatable bonds is 2. The fourth-order valence-corrected chi connectivity index (χ4v) is 5.92. The predicted octanol–water partition coefficient (Wildman–Crippen LogP) is 3.32. The first-order valence-corrected chi connectivity index (χ1v) is 11.9. The van der Waals surface area contributed by atoms with Crippen LogP contribution < -0.4 is 10.3 Å². The number of fused-ring (bicyclic) bond motifs is 2. The summed E-state index contributed by atoms with van der Waals surface area (Å²) < 4.78 is 27.4. The molecule has 0 atom stereocenters. The van der Waals surface area contributed by atoms with Crippen molar-refractivity contribution < 1.29 is 8.42 Å². The Kier molecular flexibility index (Phi) is 5.01. The summed E-state index contributed by atoms with van der Waals surface area (Å²) in [5.74, 6) is 0. The minimum atomic E-state index is -3.68. The summed E-state index contributed by atoms with van der Waals surface area (Å²) in [6.45, 7) is 2.09. The van der Waals surface area contributed by atoms with E-state index in [4.69, 9.17) is 16.6 Å². The van der Waals surface area contributed by atoms with E-state index in [0.29, 0.717) is 56.8 Å². The van der Waals surface area contributed by atoms with Crippen molar-refractivity contribution in [2.45, 2.75) is 18.2 Å². The summed E-state index contributed by atoms with van der Waals surface area (Å²) in [6.07, 6.45) is 0.481. The number of nitriles is 1. The topological polar surface area (TPSA) is 129 Å². The van der Waals surface area contributed by atoms with Crippen molar-refractivity contribution in [2.24, 2.45) is 0 Å². The van der Waals surface area contributed by atoms with Gasteiger partial charge < -0.3 is 4.98 Å². The van der Waals surface area contributed by atoms with Gasteiger partial charge in [0.05, 0.1) is 28.0 Å². The number of aromatic amines is 1. The molecular formula is C23H16ClN5O3S. The zero-order valence-electron chi connectivity index (χ0n) is 17.3. The van der Waals surface area contributed by atoms with Crippen molar-refractivity contribution in [3.05, 3.63) is 74.5 Å². The Morgan fingerprint density at radius 3 is 2.73 bits per heavy atom. The second-order valence-corrected chi connectivity index (χ2v) is 9.77. The lowest BCUT2D eigenvalue weighted by Gasteiger charge is -2.20. The van der Waals surface area contributed by atoms with Gasteiger partial charge in [0.25, 0.3) is 0 Å². The lowest BCUT2D eigenvalue weighted by molar-refractivity contribution is 0.573. The number of benzene rings is 2. The second-order valence-electron chi connectivity index (χ2n) is 7.66. The molecule has 0 saturated heterocycles. The molecule has 0 bridgehead atoms. The van der Waals surface area contributed by atoms with Crippen molar-refractivity contribution in [3.63, 3.8) is 0 Å². The van der Waals surface area contributed by atoms with Gasteiger partial charge in [0.2, 0.25) is 15.6 Å². The third-order valence-electron chi connectivity index (χ3n) is 5.62. The van der Waals surface area contributed by atoms with E-state index >= 15 is 0 Å². The van der Waals surface area contributed by atoms with Crippen LogP contribution in [0.2, 0.25) is 5.02 Å². The van der Waals surface area contributed by atoms with E-state index < -0.39 is 10.0 Å². The maximum Gasteiger partial charge on any atom is 0.249 e. The molecule has 4 aromatic rings. The van der Waals surface area contributed by atoms with Crippen LogP contribution in [0.5, 0.6) is 0 Å². The normalized spacial score (nSPS) is 14.6. The number of hydrogen-bond acceptors (Lipinski definition) is 6. The van der Waals surface area contributed by atoms with Crippen LogP contribution in [-0.4, -0.2) is 29.9 Å². The van der Waals surface area contributed by atoms with Crippen LogP contribution in [0.4, 0.5) is 0 Å². The zero-order valence-corrected chi connectivity index (χ0v) is 18.9. The van der Waals surface area contributed by atoms with Crippen molar-refractivity contribution in [3.8, 4) is 28.6 Å². The Morgan fingerprint density at radius 2 is 1.94 bits per heavy atom. The third-order valence-corrected chi connectivity index (χ3v) is 7.63. The molecule has 0 fully saturated rings. The Morgan fingerprint density at radius 1 is 1.12 bits per heavy atom. The molecule has 8 nitrogen and oxygen atoms in total. The zero-order chi connectivity index (χ0) is 23.3. The van der Waals surface area contributed by atoms with Crippen LogP contribution in [0.15, 0.2) is 52.2 Å². The molecule has 164 valence electrons. The molecular weight excluding hydrogens is 462 g/mol. The van der Waals surface area contributed by atoms with Crippen molar-refractivity contribution >= 4 is 32.8 Å². The van der Waals surface area contributed by atoms with Gasteiger partial charge in [-0.2, -0.15) is 5.26 Å². The standard InChI is InChI=1S/C23H16ClN5O3S/c1-12-14(11-25)3-2-4-16(12)21-20(27-18-5-6-19(30)28-23(18)29-21)15-9-13-7-8-26-33(31,32)22(13)17(24)10-15/h2-6,9-10,26H,7-8H2,1H3,(H,28,29,30). The Labute approximate surface area is 194 Å². The SMILES string of the molecule is Cc1c(C#N)cccc1-c1nc2[nH]c(=O)ccc2nc1-c1cc(Cl)c2c(c1)CCNS2(=O)=O. The number of aromatic nitrogens is 3. The van der Waals surface area contributed by atoms with E-state index in [2.05, 4.69) is 20.8 Å². The van der Waals surface area contributed by atoms with Gasteiger partial charge in [-0.15, -0.1) is 0 Å². The number of nitrogens with one attached hydrogen (secondary N) is 2. The molecule has 2 aromatic carbocycles. The molecule has 3 heterocycles. The number of halogens is 1. The van der Waals surface area contributed by atoms with Gasteiger partial charge >= 0.3 is 0 Å². The molecule has 0 amide bonds. The molecule has 33 heavy (non-hydrogen) atoms. The fourth-order valence-electron chi connectivity index (χ4n) is 4.04. The first-order valence-electron chi connectivity index (χ1n) is 10.0. The Bertz CT molecular complexity index is 1670. The van der Waals surface area contributed by atoms with Crippen LogP contribution >= 0.6 is 11.6 Å². The molecule has 0 radical (unpaired) electrons. The van der Waals surface area contributed by atoms with E-state index in [0.717, 1.165) is 0 Å². The summed E-state index contributed by atoms with van der Waals surface area (Å²) in [5, 5.41) is 9.58. The molecule has 0 unspecified atom stereocenters. The predicted molar refractivity (Wildman–Crippen MR) is 124 cm³/mol. The van der Waals surface area contributed by atoms with E-state index in [1.165, 1.54) is 6.07 Å². The minimum Gasteiger partial charge on any atom is -0.305 e. The van der Waals surface area contributed by atoms with Gasteiger partial charge in [-0.3, -0.25) is 4.79 Å². The highest BCUT2D eigenvalue weighted by Gasteiger charge is 2.28. The summed E-state index contributed by atoms with van der Waals surface area (Å²) in [6, 6.07) is 13.7. The van der Waals surface area contributed by atoms with E-state index in [9.17, 15) is 18.5 Å². The van der Waals surface area contributed by atoms with Crippen molar-refractivity contribution in [2.75, 3.05) is 6.54 Å². The summed E-state index contributed by atoms with van der Waals surface area (Å²) in [4.78, 5) is 24.1. The van der Waals surface area contributed by atoms with Crippen LogP contribution in [0, 0.1) is 18.3 Å². The third kappa shape index (κ3) is 3.58. The number of pyridine rings is 1. The average Bonchev–Trinajstić information content (AvgIpc) is 2.77. The minimum absolute atomic E-state index is 0.0708. The van der Waals surface area contributed by atoms with E-state index in [1.807, 2.05) is 13.0 Å². The lowest BCUT2D eigenvalue weighted by atomic mass is 9.96. The summed E-state index contributed by atoms with van der Waals surface area (Å²) >= 11 is 6.44. The molecule has 2 N–H and O–H groups in total. The highest BCUT2D eigenvalue weighted by Crippen LogP contribution is 2.38. The molecule has 0 aliphatic carbocycles. The molecule has 0 saturated carbocycles. The molecule has 0 spiro atoms. The quantitative estimate of drug-likeness (QED) is 0.455. The van der Waals surface area contributed by atoms with E-state index in [1.54, 1.807) is 30.3 Å². The van der Waals surface area contributed by atoms with Crippen LogP contribution in [0.1, 0.15) is 16.7 Å². The Hall–Kier alpha value is -3.58. The van der Waals surface area contributed by atoms with Gasteiger partial charge in [0.15, 0.2) is 5.65 Å². The molecule has 5 rings (SSSR count). The number of hydrogen-bond donors (Lipinski definition) is 2. The van der Waals surface area contributed by atoms with Gasteiger partial charge in [-0.25, -0.2) is 23.1 Å². The molecule has 1 aliphatic heterocycles. The van der Waals surface area contributed by atoms with Gasteiger partial charge in [-0.05, 0) is 48.7 Å². The lowest BCUT2D eigenvalue weighted by Crippen LogP contribution is -2.32. The molecule has 10 heteroatoms. The summed E-state index contributed by atoms with van der Waals surface area (Å²) in [7, 11) is -3.68. The monoisotopic (exact) mass is 477 g/mol. The van der Waals surface area contributed by atoms with E-state index in [-0.39, 0.29) is 22.0 Å². The molecule has 1 aliphatic rings. The Balaban J connectivity index is 1.85. The van der Waals surface area contributed by atoms with Gasteiger partial charge in [0, 0.05) is 23.7 Å². The smallest absolute Gasteiger partial charge is 0.249 e. The molecule has 2 aromatic heterocycles. The van der Waals surface area contributed by atoms with Gasteiger partial charge in [-0.1, -0.05) is 23.7 Å². The highest BCUT2D eigenvalue weighted by molar-refractivity contribution is 7.89. The summed E-state index contributed by atoms with van der Waals surface area (Å²) in [5.41, 5.74) is 4.43. The highest BCUT2D eigenvalue weighted by atomic mass is 35.5. The largest absolute Gasteiger partial charge is 0.305 e. The average molecular weight is 478 g/mol. The van der Waals surface area contributed by atoms with Crippen LogP contribution in [-0.2, 0) is 16.4 Å². The fraction of sp³-hybridized carbons (Fsp3) is 0.130. The number of nitrogens with zero attached hydrogens (tertiary/aromatic N) is 3. The first kappa shape index (κ1) is 21.3. The number of H-pyrrole nitrogens is 1. The van der Waals surface area contributed by atoms with Crippen molar-refractivity contribution in [1.29, 1.82) is 5.26 Å². The van der Waals surface area contributed by atoms with Crippen molar-refractivity contribution in [1.82, 2.24) is 19.7 Å². The first-order chi connectivity index (χ1) is 15.8. The van der Waals surface area contributed by atoms with Crippen LogP contribution in [0.25, 0.3) is 33.7 Å². The van der Waals surface area contributed by atoms with Gasteiger partial charge in [0.1, 0.15) is 10.4 Å². The number of sulfonamides is 1. The van der Waals surface area contributed by atoms with Crippen LogP contribution in [0.3, 0.4) is 0 Å². The second kappa shape index (κ2) is 7.78.